The molecule has 2 fully saturated rings. The lowest BCUT2D eigenvalue weighted by atomic mass is 10.1. The zero-order valence-corrected chi connectivity index (χ0v) is 11.1. The highest BCUT2D eigenvalue weighted by Gasteiger charge is 2.33. The molecule has 108 valence electrons. The summed E-state index contributed by atoms with van der Waals surface area (Å²) in [6.45, 7) is 2.78. The molecule has 2 N–H and O–H groups in total. The van der Waals surface area contributed by atoms with E-state index in [1.807, 2.05) is 0 Å². The van der Waals surface area contributed by atoms with Crippen molar-refractivity contribution < 1.29 is 13.6 Å². The average Bonchev–Trinajstić information content (AvgIpc) is 3.27. The van der Waals surface area contributed by atoms with Crippen molar-refractivity contribution in [2.45, 2.75) is 18.9 Å². The van der Waals surface area contributed by atoms with E-state index in [4.69, 9.17) is 5.73 Å². The number of nitrogen functional groups attached to an aromatic ring is 1. The Morgan fingerprint density at radius 2 is 1.75 bits per heavy atom. The van der Waals surface area contributed by atoms with Crippen LogP contribution in [0.4, 0.5) is 14.5 Å². The van der Waals surface area contributed by atoms with Gasteiger partial charge < -0.3 is 10.6 Å². The van der Waals surface area contributed by atoms with Gasteiger partial charge in [0.25, 0.3) is 5.91 Å². The Kier molecular flexibility index (Phi) is 3.33. The van der Waals surface area contributed by atoms with Gasteiger partial charge in [0.1, 0.15) is 11.6 Å². The predicted octanol–water partition coefficient (Wildman–Crippen LogP) is 1.47. The normalized spacial score (nSPS) is 20.2. The fourth-order valence-corrected chi connectivity index (χ4v) is 2.63. The number of hydrogen-bond acceptors (Lipinski definition) is 3. The molecule has 4 nitrogen and oxygen atoms in total. The highest BCUT2D eigenvalue weighted by atomic mass is 19.1. The molecule has 1 saturated heterocycles. The van der Waals surface area contributed by atoms with Crippen molar-refractivity contribution in [2.75, 3.05) is 31.9 Å². The van der Waals surface area contributed by atoms with Gasteiger partial charge in [-0.25, -0.2) is 8.78 Å². The fourth-order valence-electron chi connectivity index (χ4n) is 2.63. The lowest BCUT2D eigenvalue weighted by Crippen LogP contribution is -2.49. The van der Waals surface area contributed by atoms with Gasteiger partial charge in [0, 0.05) is 38.3 Å². The predicted molar refractivity (Wildman–Crippen MR) is 71.3 cm³/mol. The molecule has 0 bridgehead atoms. The van der Waals surface area contributed by atoms with Crippen LogP contribution in [0.1, 0.15) is 23.2 Å². The Hall–Kier alpha value is -1.69. The van der Waals surface area contributed by atoms with Crippen LogP contribution in [-0.4, -0.2) is 47.9 Å². The average molecular weight is 281 g/mol. The van der Waals surface area contributed by atoms with E-state index in [0.29, 0.717) is 25.2 Å². The van der Waals surface area contributed by atoms with Crippen LogP contribution < -0.4 is 5.73 Å². The number of nitrogens with zero attached hydrogens (tertiary/aromatic N) is 2. The van der Waals surface area contributed by atoms with E-state index in [0.717, 1.165) is 19.2 Å². The largest absolute Gasteiger partial charge is 0.396 e. The van der Waals surface area contributed by atoms with Crippen LogP contribution in [0.15, 0.2) is 12.1 Å². The molecule has 1 aromatic rings. The molecule has 1 saturated carbocycles. The topological polar surface area (TPSA) is 49.6 Å². The van der Waals surface area contributed by atoms with E-state index in [1.165, 1.54) is 12.8 Å². The lowest BCUT2D eigenvalue weighted by molar-refractivity contribution is 0.0622. The Morgan fingerprint density at radius 1 is 1.10 bits per heavy atom. The molecule has 0 unspecified atom stereocenters. The minimum absolute atomic E-state index is 0.149. The molecular formula is C14H17F2N3O. The van der Waals surface area contributed by atoms with Crippen LogP contribution in [0.5, 0.6) is 0 Å². The molecular weight excluding hydrogens is 264 g/mol. The number of hydrogen-bond donors (Lipinski definition) is 1. The Bertz CT molecular complexity index is 537. The molecule has 1 aliphatic carbocycles. The molecule has 0 radical (unpaired) electrons. The smallest absolute Gasteiger partial charge is 0.256 e. The molecule has 1 heterocycles. The summed E-state index contributed by atoms with van der Waals surface area (Å²) >= 11 is 0. The quantitative estimate of drug-likeness (QED) is 0.835. The van der Waals surface area contributed by atoms with Gasteiger partial charge in [-0.2, -0.15) is 0 Å². The van der Waals surface area contributed by atoms with Gasteiger partial charge in [-0.15, -0.1) is 0 Å². The number of carbonyl (C=O) groups excluding carboxylic acids is 1. The first-order valence-corrected chi connectivity index (χ1v) is 6.84. The molecule has 20 heavy (non-hydrogen) atoms. The van der Waals surface area contributed by atoms with E-state index in [-0.39, 0.29) is 11.3 Å². The number of halogens is 2. The van der Waals surface area contributed by atoms with Gasteiger partial charge in [-0.3, -0.25) is 9.69 Å². The standard InChI is InChI=1S/C14H17F2N3O/c15-11-8-12(16)13(17)7-10(11)14(20)19-5-3-18(4-6-19)9-1-2-9/h7-9H,1-6,17H2. The molecule has 0 atom stereocenters. The van der Waals surface area contributed by atoms with Gasteiger partial charge >= 0.3 is 0 Å². The van der Waals surface area contributed by atoms with Crippen molar-refractivity contribution in [2.24, 2.45) is 0 Å². The van der Waals surface area contributed by atoms with Crippen LogP contribution in [0.3, 0.4) is 0 Å². The second kappa shape index (κ2) is 5.01. The van der Waals surface area contributed by atoms with Crippen molar-refractivity contribution >= 4 is 11.6 Å². The van der Waals surface area contributed by atoms with Crippen molar-refractivity contribution in [3.63, 3.8) is 0 Å². The van der Waals surface area contributed by atoms with Gasteiger partial charge in [0.05, 0.1) is 11.3 Å². The minimum Gasteiger partial charge on any atom is -0.396 e. The van der Waals surface area contributed by atoms with Gasteiger partial charge in [0.15, 0.2) is 0 Å². The third-order valence-corrected chi connectivity index (χ3v) is 3.98. The monoisotopic (exact) mass is 281 g/mol. The van der Waals surface area contributed by atoms with Gasteiger partial charge in [-0.1, -0.05) is 0 Å². The zero-order valence-electron chi connectivity index (χ0n) is 11.1. The Balaban J connectivity index is 1.71. The summed E-state index contributed by atoms with van der Waals surface area (Å²) in [7, 11) is 0. The molecule has 1 aromatic carbocycles. The molecule has 3 rings (SSSR count). The summed E-state index contributed by atoms with van der Waals surface area (Å²) in [6.07, 6.45) is 2.47. The maximum atomic E-state index is 13.7. The van der Waals surface area contributed by atoms with E-state index in [2.05, 4.69) is 4.90 Å². The van der Waals surface area contributed by atoms with Crippen LogP contribution in [-0.2, 0) is 0 Å². The van der Waals surface area contributed by atoms with Crippen LogP contribution >= 0.6 is 0 Å². The van der Waals surface area contributed by atoms with E-state index in [1.54, 1.807) is 4.90 Å². The van der Waals surface area contributed by atoms with E-state index < -0.39 is 17.5 Å². The molecule has 1 amide bonds. The number of nitrogens with two attached hydrogens (primary N) is 1. The number of carbonyl (C=O) groups is 1. The summed E-state index contributed by atoms with van der Waals surface area (Å²) in [4.78, 5) is 16.2. The zero-order chi connectivity index (χ0) is 14.3. The van der Waals surface area contributed by atoms with E-state index in [9.17, 15) is 13.6 Å². The SMILES string of the molecule is Nc1cc(C(=O)N2CCN(C3CC3)CC2)c(F)cc1F. The Morgan fingerprint density at radius 3 is 2.35 bits per heavy atom. The second-order valence-electron chi connectivity index (χ2n) is 5.41. The summed E-state index contributed by atoms with van der Waals surface area (Å²) in [5, 5.41) is 0. The highest BCUT2D eigenvalue weighted by molar-refractivity contribution is 5.95. The molecule has 2 aliphatic rings. The van der Waals surface area contributed by atoms with Crippen LogP contribution in [0.2, 0.25) is 0 Å². The van der Waals surface area contributed by atoms with Crippen LogP contribution in [0, 0.1) is 11.6 Å². The maximum absolute atomic E-state index is 13.7. The second-order valence-corrected chi connectivity index (χ2v) is 5.41. The molecule has 0 aromatic heterocycles. The summed E-state index contributed by atoms with van der Waals surface area (Å²) < 4.78 is 26.8. The highest BCUT2D eigenvalue weighted by Crippen LogP contribution is 2.28. The van der Waals surface area contributed by atoms with Crippen molar-refractivity contribution in [1.29, 1.82) is 0 Å². The number of amides is 1. The first-order valence-electron chi connectivity index (χ1n) is 6.84. The van der Waals surface area contributed by atoms with Gasteiger partial charge in [-0.05, 0) is 18.9 Å². The molecule has 1 aliphatic heterocycles. The number of rotatable bonds is 2. The summed E-state index contributed by atoms with van der Waals surface area (Å²) in [5.41, 5.74) is 5.05. The van der Waals surface area contributed by atoms with Crippen molar-refractivity contribution in [3.8, 4) is 0 Å². The lowest BCUT2D eigenvalue weighted by Gasteiger charge is -2.34. The summed E-state index contributed by atoms with van der Waals surface area (Å²) in [6, 6.07) is 2.42. The maximum Gasteiger partial charge on any atom is 0.256 e. The minimum atomic E-state index is -0.855. The molecule has 0 spiro atoms. The van der Waals surface area contributed by atoms with Crippen molar-refractivity contribution in [3.05, 3.63) is 29.3 Å². The number of piperazine rings is 1. The van der Waals surface area contributed by atoms with E-state index >= 15 is 0 Å². The third kappa shape index (κ3) is 2.47. The first-order chi connectivity index (χ1) is 9.56. The Labute approximate surface area is 116 Å². The first kappa shape index (κ1) is 13.3. The molecule has 6 heteroatoms. The summed E-state index contributed by atoms with van der Waals surface area (Å²) in [5.74, 6) is -2.10. The number of benzene rings is 1. The third-order valence-electron chi connectivity index (χ3n) is 3.98. The van der Waals surface area contributed by atoms with Gasteiger partial charge in [0.2, 0.25) is 0 Å². The van der Waals surface area contributed by atoms with Crippen molar-refractivity contribution in [1.82, 2.24) is 9.80 Å². The fraction of sp³-hybridized carbons (Fsp3) is 0.500. The van der Waals surface area contributed by atoms with Crippen LogP contribution in [0.25, 0.3) is 0 Å². The number of anilines is 1.